The van der Waals surface area contributed by atoms with E-state index >= 15 is 19.2 Å². The highest BCUT2D eigenvalue weighted by molar-refractivity contribution is 6.18. The number of nitrogens with zero attached hydrogens (tertiary/aromatic N) is 7. The molecule has 0 radical (unpaired) electrons. The number of pyridine rings is 2. The number of hydrogen-bond acceptors (Lipinski definition) is 25. The molecule has 6 heterocycles. The van der Waals surface area contributed by atoms with Crippen molar-refractivity contribution in [2.45, 2.75) is 113 Å². The number of nitrogens with one attached hydrogen (secondary N) is 19. The van der Waals surface area contributed by atoms with Crippen LogP contribution < -0.4 is 131 Å². The molecule has 50 heteroatoms. The predicted molar refractivity (Wildman–Crippen MR) is 529 cm³/mol. The summed E-state index contributed by atoms with van der Waals surface area (Å²) in [4.78, 5) is 319. The first-order chi connectivity index (χ1) is 69.5. The minimum Gasteiger partial charge on any atom is -0.370 e. The Morgan fingerprint density at radius 2 is 0.683 bits per heavy atom. The minimum absolute atomic E-state index is 0.00511. The SMILES string of the molecule is CN(CC(=O)N[C@H](Cn1c(=O)[nH]c2ccccc2c1=O)C(=O)N[C@H](Cn1c(=O)[nH]c2ccccc2c1=O)C(=O)N[C@H](Cn1c(=O)[nH]c2ccccc2c1=O)C(=O)N[C@@H](CCCNC(=N)N)C(=O)NCC(=O)NCC(=O)N[C@@H](CCCCNC(=O)c1c2ccccc2nc2ccccc12)C(N)=O)C(=O)[C@@H](Cn1ccc(=O)[nH]c1=O)NC(=O)[C@H](CCCNC(=N)N)NC(=O)CNC(=O)c1c2ccccc2nc2ccccc12. The van der Waals surface area contributed by atoms with E-state index in [1.807, 2.05) is 4.98 Å². The Balaban J connectivity index is 0.749. The quantitative estimate of drug-likeness (QED) is 0.00737. The van der Waals surface area contributed by atoms with Crippen LogP contribution in [0.3, 0.4) is 0 Å². The van der Waals surface area contributed by atoms with Crippen molar-refractivity contribution >= 4 is 165 Å². The zero-order chi connectivity index (χ0) is 104. The van der Waals surface area contributed by atoms with E-state index in [4.69, 9.17) is 28.0 Å². The molecule has 0 aliphatic heterocycles. The van der Waals surface area contributed by atoms with Crippen molar-refractivity contribution in [2.75, 3.05) is 52.9 Å². The van der Waals surface area contributed by atoms with Crippen LogP contribution in [0.1, 0.15) is 65.7 Å². The Hall–Kier alpha value is -19.0. The number of carbonyl (C=O) groups is 13. The van der Waals surface area contributed by atoms with E-state index in [1.54, 1.807) is 97.1 Å². The highest BCUT2D eigenvalue weighted by Gasteiger charge is 2.37. The molecule has 7 atom stereocenters. The number of primary amides is 1. The van der Waals surface area contributed by atoms with Gasteiger partial charge in [-0.2, -0.15) is 0 Å². The minimum atomic E-state index is -2.43. The second-order valence-corrected chi connectivity index (χ2v) is 33.6. The molecule has 0 saturated heterocycles. The molecule has 145 heavy (non-hydrogen) atoms. The molecule has 0 spiro atoms. The Morgan fingerprint density at radius 3 is 1.11 bits per heavy atom. The van der Waals surface area contributed by atoms with Crippen LogP contribution in [0.4, 0.5) is 0 Å². The van der Waals surface area contributed by atoms with Gasteiger partial charge in [-0.05, 0) is 106 Å². The standard InChI is InChI=1S/C95H101N29O21/c1-120(89(141)70(45-121-41-37-71(125)119-92(121)142)115-80(132)66(36-19-40-103-91(99)100)110-74(128)44-106-85(137)77-52-22-4-11-29-59(52)108-60-30-12-5-23-53(60)77)49-75(129)111-67(46-122-86(138)54-24-6-13-31-61(54)116-93(122)143)81(133)113-69(48-124-88(140)56-26-8-15-33-63(56)118-95(124)145)83(135)114-68(47-123-87(139)55-25-7-14-32-62(55)117-94(123)144)82(134)112-65(35-18-39-102-90(97)98)79(131)105-42-72(126)104-43-73(127)109-64(78(96)130)34-16-17-38-101-84(136)76-50-20-2-9-27-57(50)107-58-28-10-3-21-51(58)76/h2-15,20-33,37,41,64-70H,16-19,34-36,38-40,42-49H2,1H3,(H2,96,130)(H,101,136)(H,104,126)(H,105,131)(H,106,137)(H,109,127)(H,110,128)(H,111,129)(H,112,134)(H,113,133)(H,114,135)(H,115,132)(H,116,143)(H,117,144)(H,118,145)(H4,97,98,102)(H4,99,100,103)(H,119,125,142)/t64-,65-,66-,67+,68+,69+,70+/m0/s1. The molecular weight excluding hydrogens is 1880 g/mol. The summed E-state index contributed by atoms with van der Waals surface area (Å²) in [5.41, 5.74) is 10.5. The van der Waals surface area contributed by atoms with Crippen molar-refractivity contribution in [3.05, 3.63) is 277 Å². The van der Waals surface area contributed by atoms with E-state index in [2.05, 4.69) is 94.0 Å². The number of hydrogen-bond donors (Lipinski definition) is 22. The summed E-state index contributed by atoms with van der Waals surface area (Å²) in [7, 11) is 1.00. The fourth-order valence-corrected chi connectivity index (χ4v) is 16.2. The van der Waals surface area contributed by atoms with Crippen molar-refractivity contribution < 1.29 is 62.3 Å². The number of H-pyrrole nitrogens is 4. The van der Waals surface area contributed by atoms with Crippen LogP contribution in [-0.2, 0) is 78.9 Å². The first-order valence-electron chi connectivity index (χ1n) is 45.5. The zero-order valence-electron chi connectivity index (χ0n) is 77.5. The number of likely N-dealkylation sites (N-methyl/N-ethyl adjacent to an activating group) is 1. The summed E-state index contributed by atoms with van der Waals surface area (Å²) in [5, 5.41) is 49.2. The molecule has 0 saturated carbocycles. The maximum absolute atomic E-state index is 15.8. The largest absolute Gasteiger partial charge is 0.370 e. The lowest BCUT2D eigenvalue weighted by molar-refractivity contribution is -0.140. The molecule has 13 amide bonds. The Bertz CT molecular complexity index is 7710. The number of nitrogens with two attached hydrogens (primary N) is 3. The van der Waals surface area contributed by atoms with Gasteiger partial charge in [0, 0.05) is 60.5 Å². The third-order valence-electron chi connectivity index (χ3n) is 23.4. The highest BCUT2D eigenvalue weighted by Crippen LogP contribution is 2.28. The molecule has 752 valence electrons. The Labute approximate surface area is 816 Å². The van der Waals surface area contributed by atoms with Crippen LogP contribution >= 0.6 is 0 Å². The molecule has 0 aliphatic rings. The van der Waals surface area contributed by atoms with Crippen molar-refractivity contribution in [3.8, 4) is 0 Å². The lowest BCUT2D eigenvalue weighted by atomic mass is 10.0. The third kappa shape index (κ3) is 26.3. The van der Waals surface area contributed by atoms with Crippen molar-refractivity contribution in [1.82, 2.24) is 122 Å². The van der Waals surface area contributed by atoms with Gasteiger partial charge < -0.3 is 106 Å². The third-order valence-corrected chi connectivity index (χ3v) is 23.4. The van der Waals surface area contributed by atoms with E-state index in [-0.39, 0.29) is 95.9 Å². The Kier molecular flexibility index (Phi) is 33.9. The smallest absolute Gasteiger partial charge is 0.328 e. The van der Waals surface area contributed by atoms with E-state index in [1.165, 1.54) is 72.8 Å². The first kappa shape index (κ1) is 103. The number of benzene rings is 7. The average molecular weight is 1990 g/mol. The molecule has 0 bridgehead atoms. The summed E-state index contributed by atoms with van der Waals surface area (Å²) in [5.74, 6) is -15.3. The molecule has 13 rings (SSSR count). The van der Waals surface area contributed by atoms with E-state index in [9.17, 15) is 81.5 Å². The average Bonchev–Trinajstić information content (AvgIpc) is 0.760. The van der Waals surface area contributed by atoms with Crippen LogP contribution in [0.5, 0.6) is 0 Å². The molecule has 6 aromatic heterocycles. The maximum Gasteiger partial charge on any atom is 0.328 e. The van der Waals surface area contributed by atoms with Crippen LogP contribution in [0.25, 0.3) is 76.3 Å². The van der Waals surface area contributed by atoms with Crippen molar-refractivity contribution in [3.63, 3.8) is 0 Å². The van der Waals surface area contributed by atoms with Crippen molar-refractivity contribution in [2.24, 2.45) is 17.2 Å². The highest BCUT2D eigenvalue weighted by atomic mass is 16.2. The molecular formula is C95H101N29O21. The summed E-state index contributed by atoms with van der Waals surface area (Å²) in [6, 6.07) is 31.6. The molecule has 25 N–H and O–H groups in total. The fourth-order valence-electron chi connectivity index (χ4n) is 16.2. The number of para-hydroxylation sites is 7. The van der Waals surface area contributed by atoms with Crippen molar-refractivity contribution in [1.29, 1.82) is 10.8 Å². The van der Waals surface area contributed by atoms with Gasteiger partial charge in [-0.1, -0.05) is 109 Å². The fraction of sp³-hybridized carbons (Fsp3) is 0.274. The summed E-state index contributed by atoms with van der Waals surface area (Å²) < 4.78 is 2.13. The van der Waals surface area contributed by atoms with Gasteiger partial charge in [0.1, 0.15) is 42.3 Å². The van der Waals surface area contributed by atoms with E-state index in [0.29, 0.717) is 74.2 Å². The lowest BCUT2D eigenvalue weighted by Crippen LogP contribution is -2.62. The molecule has 0 aliphatic carbocycles. The second kappa shape index (κ2) is 47.6. The molecule has 7 aromatic carbocycles. The number of fused-ring (bicyclic) bond motifs is 7. The lowest BCUT2D eigenvalue weighted by Gasteiger charge is -2.28. The second-order valence-electron chi connectivity index (χ2n) is 33.6. The number of aromatic amines is 4. The van der Waals surface area contributed by atoms with Gasteiger partial charge in [-0.25, -0.2) is 29.1 Å². The van der Waals surface area contributed by atoms with E-state index in [0.717, 1.165) is 23.9 Å². The number of unbranched alkanes of at least 4 members (excludes halogenated alkanes) is 1. The van der Waals surface area contributed by atoms with Crippen LogP contribution in [0.2, 0.25) is 0 Å². The molecule has 0 unspecified atom stereocenters. The number of rotatable bonds is 45. The van der Waals surface area contributed by atoms with Gasteiger partial charge in [0.15, 0.2) is 11.9 Å². The van der Waals surface area contributed by atoms with Gasteiger partial charge in [-0.15, -0.1) is 0 Å². The maximum atomic E-state index is 15.8. The summed E-state index contributed by atoms with van der Waals surface area (Å²) >= 11 is 0. The van der Waals surface area contributed by atoms with Gasteiger partial charge in [0.2, 0.25) is 65.0 Å². The summed E-state index contributed by atoms with van der Waals surface area (Å²) in [6.07, 6.45) is 0.737. The number of aromatic nitrogens is 10. The van der Waals surface area contributed by atoms with Crippen LogP contribution in [0, 0.1) is 10.8 Å². The zero-order valence-corrected chi connectivity index (χ0v) is 77.5. The predicted octanol–water partition coefficient (Wildman–Crippen LogP) is -4.82. The Morgan fingerprint density at radius 1 is 0.338 bits per heavy atom. The first-order valence-corrected chi connectivity index (χ1v) is 45.5. The number of carbonyl (C=O) groups excluding carboxylic acids is 13. The van der Waals surface area contributed by atoms with Gasteiger partial charge >= 0.3 is 22.8 Å². The van der Waals surface area contributed by atoms with Gasteiger partial charge in [0.25, 0.3) is 34.1 Å². The monoisotopic (exact) mass is 1980 g/mol. The van der Waals surface area contributed by atoms with E-state index < -0.39 is 229 Å². The van der Waals surface area contributed by atoms with Crippen LogP contribution in [-0.4, -0.2) is 237 Å². The molecule has 0 fully saturated rings. The normalized spacial score (nSPS) is 12.6. The number of guanidine groups is 2. The molecule has 50 nitrogen and oxygen atoms in total. The van der Waals surface area contributed by atoms with Gasteiger partial charge in [-0.3, -0.25) is 116 Å². The molecule has 13 aromatic rings. The topological polar surface area (TPSA) is 753 Å². The van der Waals surface area contributed by atoms with Gasteiger partial charge in [0.05, 0.1) is 118 Å². The van der Waals surface area contributed by atoms with Crippen LogP contribution in [0.15, 0.2) is 220 Å². The summed E-state index contributed by atoms with van der Waals surface area (Å²) in [6.45, 7) is -8.13. The number of amides is 13.